The van der Waals surface area contributed by atoms with E-state index < -0.39 is 28.4 Å². The van der Waals surface area contributed by atoms with E-state index in [0.29, 0.717) is 21.0 Å². The fourth-order valence-corrected chi connectivity index (χ4v) is 5.19. The lowest BCUT2D eigenvalue weighted by Gasteiger charge is -2.22. The fraction of sp³-hybridized carbons (Fsp3) is 0.0800. The van der Waals surface area contributed by atoms with E-state index in [0.717, 1.165) is 11.3 Å². The Kier molecular flexibility index (Phi) is 5.91. The molecule has 0 aliphatic carbocycles. The summed E-state index contributed by atoms with van der Waals surface area (Å²) in [6, 6.07) is 15.7. The fourth-order valence-electron chi connectivity index (χ4n) is 4.04. The Labute approximate surface area is 213 Å². The first-order valence-corrected chi connectivity index (χ1v) is 11.7. The Hall–Kier alpha value is -4.28. The van der Waals surface area contributed by atoms with Crippen LogP contribution in [0.15, 0.2) is 72.3 Å². The number of hydrogen-bond acceptors (Lipinski definition) is 8. The molecule has 1 atom stereocenters. The lowest BCUT2D eigenvalue weighted by atomic mass is 9.95. The number of aromatic nitrogens is 1. The number of amides is 1. The number of aliphatic hydroxyl groups excluding tert-OH is 1. The number of nitro groups is 1. The summed E-state index contributed by atoms with van der Waals surface area (Å²) < 4.78 is 5.97. The molecule has 1 saturated heterocycles. The van der Waals surface area contributed by atoms with Gasteiger partial charge in [0, 0.05) is 22.7 Å². The predicted molar refractivity (Wildman–Crippen MR) is 136 cm³/mol. The number of thiazole rings is 1. The molecule has 1 unspecified atom stereocenters. The highest BCUT2D eigenvalue weighted by Gasteiger charge is 2.48. The van der Waals surface area contributed by atoms with Gasteiger partial charge in [0.15, 0.2) is 5.13 Å². The van der Waals surface area contributed by atoms with Crippen molar-refractivity contribution in [3.8, 4) is 5.75 Å². The van der Waals surface area contributed by atoms with Crippen molar-refractivity contribution in [1.29, 1.82) is 0 Å². The minimum absolute atomic E-state index is 0.201. The van der Waals surface area contributed by atoms with E-state index in [1.807, 2.05) is 0 Å². The highest BCUT2D eigenvalue weighted by molar-refractivity contribution is 7.22. The lowest BCUT2D eigenvalue weighted by Crippen LogP contribution is -2.29. The van der Waals surface area contributed by atoms with Gasteiger partial charge in [0.2, 0.25) is 0 Å². The quantitative estimate of drug-likeness (QED) is 0.121. The van der Waals surface area contributed by atoms with E-state index in [1.54, 1.807) is 24.3 Å². The first-order valence-electron chi connectivity index (χ1n) is 10.5. The van der Waals surface area contributed by atoms with Crippen LogP contribution in [-0.2, 0) is 9.59 Å². The molecule has 3 aromatic carbocycles. The van der Waals surface area contributed by atoms with Crippen LogP contribution in [0.4, 0.5) is 10.8 Å². The number of hydrogen-bond donors (Lipinski definition) is 1. The summed E-state index contributed by atoms with van der Waals surface area (Å²) in [5, 5.41) is 23.2. The Morgan fingerprint density at radius 1 is 1.14 bits per heavy atom. The van der Waals surface area contributed by atoms with Crippen LogP contribution < -0.4 is 9.64 Å². The van der Waals surface area contributed by atoms with Gasteiger partial charge in [0.1, 0.15) is 11.5 Å². The van der Waals surface area contributed by atoms with Gasteiger partial charge < -0.3 is 9.84 Å². The third-order valence-corrected chi connectivity index (χ3v) is 7.02. The molecule has 11 heteroatoms. The maximum Gasteiger partial charge on any atom is 0.301 e. The number of nitro benzene ring substituents is 1. The monoisotopic (exact) mass is 521 g/mol. The molecule has 0 radical (unpaired) electrons. The second kappa shape index (κ2) is 9.06. The number of carbonyl (C=O) groups is 2. The van der Waals surface area contributed by atoms with Crippen molar-refractivity contribution in [1.82, 2.24) is 4.98 Å². The summed E-state index contributed by atoms with van der Waals surface area (Å²) in [4.78, 5) is 43.2. The predicted octanol–water partition coefficient (Wildman–Crippen LogP) is 5.49. The Morgan fingerprint density at radius 2 is 1.89 bits per heavy atom. The van der Waals surface area contributed by atoms with E-state index >= 15 is 0 Å². The molecule has 36 heavy (non-hydrogen) atoms. The number of halogens is 1. The van der Waals surface area contributed by atoms with Gasteiger partial charge >= 0.3 is 5.91 Å². The summed E-state index contributed by atoms with van der Waals surface area (Å²) in [6.07, 6.45) is 0. The molecule has 180 valence electrons. The molecule has 1 fully saturated rings. The van der Waals surface area contributed by atoms with Gasteiger partial charge in [-0.1, -0.05) is 35.1 Å². The Morgan fingerprint density at radius 3 is 2.58 bits per heavy atom. The van der Waals surface area contributed by atoms with Crippen molar-refractivity contribution in [2.45, 2.75) is 6.04 Å². The van der Waals surface area contributed by atoms with Crippen LogP contribution in [0.2, 0.25) is 5.02 Å². The largest absolute Gasteiger partial charge is 0.507 e. The van der Waals surface area contributed by atoms with Gasteiger partial charge in [-0.3, -0.25) is 24.6 Å². The van der Waals surface area contributed by atoms with Crippen molar-refractivity contribution in [2.24, 2.45) is 0 Å². The lowest BCUT2D eigenvalue weighted by molar-refractivity contribution is -0.384. The molecule has 9 nitrogen and oxygen atoms in total. The molecule has 1 amide bonds. The molecular formula is C25H16ClN3O6S. The standard InChI is InChI=1S/C25H16ClN3O6S/c1-35-17-9-10-18-19(12-17)36-25(27-18)28-21(14-3-2-4-16(11-14)29(33)34)20(23(31)24(28)32)22(30)13-5-7-15(26)8-6-13/h2-12,21,30H,1H3. The Balaban J connectivity index is 1.74. The minimum Gasteiger partial charge on any atom is -0.507 e. The molecule has 1 aromatic heterocycles. The summed E-state index contributed by atoms with van der Waals surface area (Å²) in [7, 11) is 1.53. The number of Topliss-reactive ketones (excluding diaryl/α,β-unsaturated/α-hetero) is 1. The number of ether oxygens (including phenoxy) is 1. The molecule has 1 N–H and O–H groups in total. The van der Waals surface area contributed by atoms with Crippen molar-refractivity contribution in [3.63, 3.8) is 0 Å². The van der Waals surface area contributed by atoms with Gasteiger partial charge in [0.25, 0.3) is 11.5 Å². The summed E-state index contributed by atoms with van der Waals surface area (Å²) in [6.45, 7) is 0. The molecule has 1 aliphatic rings. The van der Waals surface area contributed by atoms with Gasteiger partial charge in [-0.05, 0) is 48.0 Å². The molecule has 0 spiro atoms. The summed E-state index contributed by atoms with van der Waals surface area (Å²) in [5.41, 5.74) is 0.684. The molecule has 0 saturated carbocycles. The third-order valence-electron chi connectivity index (χ3n) is 5.75. The van der Waals surface area contributed by atoms with Crippen LogP contribution in [-0.4, -0.2) is 33.8 Å². The number of fused-ring (bicyclic) bond motifs is 1. The van der Waals surface area contributed by atoms with E-state index in [1.165, 1.54) is 54.5 Å². The number of non-ortho nitro benzene ring substituents is 1. The number of anilines is 1. The molecule has 5 rings (SSSR count). The number of benzene rings is 3. The number of carbonyl (C=O) groups excluding carboxylic acids is 2. The molecule has 2 heterocycles. The molecular weight excluding hydrogens is 506 g/mol. The first kappa shape index (κ1) is 23.5. The number of ketones is 1. The van der Waals surface area contributed by atoms with Crippen molar-refractivity contribution >= 4 is 61.4 Å². The van der Waals surface area contributed by atoms with E-state index in [4.69, 9.17) is 16.3 Å². The first-order chi connectivity index (χ1) is 17.3. The number of methoxy groups -OCH3 is 1. The minimum atomic E-state index is -1.15. The maximum absolute atomic E-state index is 13.3. The number of nitrogens with zero attached hydrogens (tertiary/aromatic N) is 3. The van der Waals surface area contributed by atoms with E-state index in [9.17, 15) is 24.8 Å². The highest BCUT2D eigenvalue weighted by Crippen LogP contribution is 2.45. The van der Waals surface area contributed by atoms with Crippen molar-refractivity contribution < 1.29 is 24.4 Å². The zero-order valence-corrected chi connectivity index (χ0v) is 20.1. The SMILES string of the molecule is COc1ccc2nc(N3C(=O)C(=O)C(=C(O)c4ccc(Cl)cc4)C3c3cccc([N+](=O)[O-])c3)sc2c1. The topological polar surface area (TPSA) is 123 Å². The smallest absolute Gasteiger partial charge is 0.301 e. The van der Waals surface area contributed by atoms with Gasteiger partial charge in [0.05, 0.1) is 33.9 Å². The van der Waals surface area contributed by atoms with Crippen molar-refractivity contribution in [2.75, 3.05) is 12.0 Å². The summed E-state index contributed by atoms with van der Waals surface area (Å²) >= 11 is 7.11. The van der Waals surface area contributed by atoms with E-state index in [-0.39, 0.29) is 27.5 Å². The van der Waals surface area contributed by atoms with Crippen LogP contribution in [0.3, 0.4) is 0 Å². The zero-order valence-electron chi connectivity index (χ0n) is 18.5. The number of rotatable bonds is 5. The highest BCUT2D eigenvalue weighted by atomic mass is 35.5. The maximum atomic E-state index is 13.3. The number of aliphatic hydroxyl groups is 1. The third kappa shape index (κ3) is 3.96. The van der Waals surface area contributed by atoms with Gasteiger partial charge in [-0.2, -0.15) is 0 Å². The van der Waals surface area contributed by atoms with Crippen LogP contribution in [0.5, 0.6) is 5.75 Å². The average Bonchev–Trinajstić information content (AvgIpc) is 3.41. The van der Waals surface area contributed by atoms with E-state index in [2.05, 4.69) is 4.98 Å². The molecule has 1 aliphatic heterocycles. The summed E-state index contributed by atoms with van der Waals surface area (Å²) in [5.74, 6) is -1.67. The zero-order chi connectivity index (χ0) is 25.6. The molecule has 0 bridgehead atoms. The molecule has 4 aromatic rings. The van der Waals surface area contributed by atoms with Crippen LogP contribution in [0.25, 0.3) is 16.0 Å². The van der Waals surface area contributed by atoms with Crippen LogP contribution in [0.1, 0.15) is 17.2 Å². The van der Waals surface area contributed by atoms with Gasteiger partial charge in [-0.15, -0.1) is 0 Å². The van der Waals surface area contributed by atoms with Gasteiger partial charge in [-0.25, -0.2) is 4.98 Å². The normalized spacial score (nSPS) is 17.1. The van der Waals surface area contributed by atoms with Crippen molar-refractivity contribution in [3.05, 3.63) is 98.6 Å². The average molecular weight is 522 g/mol. The second-order valence-electron chi connectivity index (χ2n) is 7.86. The second-order valence-corrected chi connectivity index (χ2v) is 9.30. The van der Waals surface area contributed by atoms with Crippen LogP contribution >= 0.6 is 22.9 Å². The van der Waals surface area contributed by atoms with Crippen LogP contribution in [0, 0.1) is 10.1 Å². The Bertz CT molecular complexity index is 1580.